The van der Waals surface area contributed by atoms with E-state index in [4.69, 9.17) is 25.2 Å². The number of hydrogen-bond acceptors (Lipinski definition) is 6. The van der Waals surface area contributed by atoms with Crippen LogP contribution in [0.15, 0.2) is 48.5 Å². The monoisotopic (exact) mass is 334 g/mol. The lowest BCUT2D eigenvalue weighted by Crippen LogP contribution is -2.09. The summed E-state index contributed by atoms with van der Waals surface area (Å²) in [7, 11) is 0. The maximum Gasteiger partial charge on any atom is 0.337 e. The topological polar surface area (TPSA) is 124 Å². The molecular formula is C17H18O7. The lowest BCUT2D eigenvalue weighted by molar-refractivity contribution is -0.147. The average Bonchev–Trinajstić information content (AvgIpc) is 2.55. The van der Waals surface area contributed by atoms with Crippen LogP contribution in [-0.4, -0.2) is 32.4 Å². The number of carbonyl (C=O) groups excluding carboxylic acids is 1. The minimum Gasteiger partial charge on any atom is -0.508 e. The normalized spacial score (nSPS) is 10.9. The van der Waals surface area contributed by atoms with Crippen LogP contribution < -0.4 is 4.74 Å². The second-order valence-corrected chi connectivity index (χ2v) is 4.66. The van der Waals surface area contributed by atoms with E-state index in [0.29, 0.717) is 12.2 Å². The van der Waals surface area contributed by atoms with Crippen LogP contribution in [0.4, 0.5) is 0 Å². The smallest absolute Gasteiger partial charge is 0.337 e. The predicted molar refractivity (Wildman–Crippen MR) is 84.7 cm³/mol. The first-order valence-corrected chi connectivity index (χ1v) is 7.03. The molecule has 0 fully saturated rings. The number of phenols is 2. The van der Waals surface area contributed by atoms with E-state index in [1.165, 1.54) is 36.4 Å². The molecule has 2 aromatic rings. The number of ether oxygens (including phenoxy) is 1. The van der Waals surface area contributed by atoms with Crippen molar-refractivity contribution in [3.8, 4) is 17.2 Å². The Morgan fingerprint density at radius 1 is 1.04 bits per heavy atom. The number of aliphatic hydroxyl groups excluding tert-OH is 1. The first-order chi connectivity index (χ1) is 11.3. The van der Waals surface area contributed by atoms with Crippen molar-refractivity contribution in [3.63, 3.8) is 0 Å². The van der Waals surface area contributed by atoms with Gasteiger partial charge in [-0.3, -0.25) is 4.79 Å². The van der Waals surface area contributed by atoms with Crippen LogP contribution in [0.5, 0.6) is 17.2 Å². The second-order valence-electron chi connectivity index (χ2n) is 4.66. The Hall–Kier alpha value is -3.06. The molecule has 1 unspecified atom stereocenters. The summed E-state index contributed by atoms with van der Waals surface area (Å²) < 4.78 is 4.85. The van der Waals surface area contributed by atoms with Crippen molar-refractivity contribution in [3.05, 3.63) is 54.1 Å². The largest absolute Gasteiger partial charge is 0.508 e. The zero-order chi connectivity index (χ0) is 18.1. The van der Waals surface area contributed by atoms with E-state index in [1.807, 2.05) is 0 Å². The summed E-state index contributed by atoms with van der Waals surface area (Å²) in [5, 5.41) is 35.3. The van der Waals surface area contributed by atoms with Gasteiger partial charge < -0.3 is 25.2 Å². The average molecular weight is 334 g/mol. The van der Waals surface area contributed by atoms with Gasteiger partial charge in [-0.2, -0.15) is 0 Å². The quantitative estimate of drug-likeness (QED) is 0.499. The fraction of sp³-hybridized carbons (Fsp3) is 0.176. The molecule has 0 aliphatic heterocycles. The third-order valence-electron chi connectivity index (χ3n) is 2.78. The van der Waals surface area contributed by atoms with Crippen molar-refractivity contribution in [2.75, 3.05) is 0 Å². The number of aromatic hydroxyl groups is 2. The number of rotatable bonds is 4. The van der Waals surface area contributed by atoms with Gasteiger partial charge in [-0.05, 0) is 29.8 Å². The highest BCUT2D eigenvalue weighted by atomic mass is 16.5. The molecule has 2 rings (SSSR count). The molecule has 0 aliphatic rings. The van der Waals surface area contributed by atoms with Gasteiger partial charge in [0.05, 0.1) is 0 Å². The lowest BCUT2D eigenvalue weighted by atomic mass is 10.1. The summed E-state index contributed by atoms with van der Waals surface area (Å²) in [5.41, 5.74) is 0.250. The Bertz CT molecular complexity index is 680. The first kappa shape index (κ1) is 19.0. The van der Waals surface area contributed by atoms with E-state index in [1.54, 1.807) is 19.1 Å². The van der Waals surface area contributed by atoms with Gasteiger partial charge in [0.1, 0.15) is 17.2 Å². The molecular weight excluding hydrogens is 316 g/mol. The Labute approximate surface area is 138 Å². The molecule has 7 heteroatoms. The number of benzene rings is 2. The molecule has 0 bridgehead atoms. The third kappa shape index (κ3) is 6.37. The number of phenolic OH excluding ortho intramolecular Hbond substituents is 2. The van der Waals surface area contributed by atoms with Crippen LogP contribution in [0.1, 0.15) is 25.0 Å². The Morgan fingerprint density at radius 2 is 1.67 bits per heavy atom. The number of carboxylic acids is 1. The summed E-state index contributed by atoms with van der Waals surface area (Å²) in [6.07, 6.45) is -1.19. The summed E-state index contributed by atoms with van der Waals surface area (Å²) in [6, 6.07) is 11.5. The van der Waals surface area contributed by atoms with Crippen molar-refractivity contribution in [2.45, 2.75) is 19.4 Å². The molecule has 0 saturated heterocycles. The number of aliphatic carboxylic acids is 1. The third-order valence-corrected chi connectivity index (χ3v) is 2.78. The van der Waals surface area contributed by atoms with Crippen molar-refractivity contribution < 1.29 is 34.8 Å². The van der Waals surface area contributed by atoms with Crippen LogP contribution in [0.3, 0.4) is 0 Å². The molecule has 1 atom stereocenters. The van der Waals surface area contributed by atoms with Gasteiger partial charge in [0.2, 0.25) is 0 Å². The maximum atomic E-state index is 10.8. The van der Waals surface area contributed by atoms with Crippen molar-refractivity contribution in [1.29, 1.82) is 0 Å². The molecule has 0 heterocycles. The molecule has 7 nitrogen and oxygen atoms in total. The van der Waals surface area contributed by atoms with Crippen LogP contribution in [0.2, 0.25) is 0 Å². The summed E-state index contributed by atoms with van der Waals surface area (Å²) in [5.74, 6) is -1.10. The lowest BCUT2D eigenvalue weighted by Gasteiger charge is -2.04. The van der Waals surface area contributed by atoms with Crippen LogP contribution in [0.25, 0.3) is 0 Å². The van der Waals surface area contributed by atoms with Crippen LogP contribution >= 0.6 is 0 Å². The predicted octanol–water partition coefficient (Wildman–Crippen LogP) is 2.22. The zero-order valence-electron chi connectivity index (χ0n) is 12.9. The Kier molecular flexibility index (Phi) is 7.25. The molecule has 0 spiro atoms. The van der Waals surface area contributed by atoms with Gasteiger partial charge in [-0.1, -0.05) is 25.1 Å². The van der Waals surface area contributed by atoms with Gasteiger partial charge in [0, 0.05) is 12.5 Å². The summed E-state index contributed by atoms with van der Waals surface area (Å²) >= 11 is 0. The summed E-state index contributed by atoms with van der Waals surface area (Å²) in [4.78, 5) is 21.1. The molecule has 0 radical (unpaired) electrons. The fourth-order valence-corrected chi connectivity index (χ4v) is 1.55. The van der Waals surface area contributed by atoms with Crippen LogP contribution in [0, 0.1) is 0 Å². The SMILES string of the molecule is CCC(=O)Oc1cccc(O)c1.O=C(O)C(O)c1ccc(O)cc1. The number of carbonyl (C=O) groups is 2. The maximum absolute atomic E-state index is 10.8. The van der Waals surface area contributed by atoms with Crippen molar-refractivity contribution >= 4 is 11.9 Å². The number of aliphatic hydroxyl groups is 1. The van der Waals surface area contributed by atoms with E-state index < -0.39 is 12.1 Å². The molecule has 4 N–H and O–H groups in total. The molecule has 0 aromatic heterocycles. The van der Waals surface area contributed by atoms with E-state index >= 15 is 0 Å². The van der Waals surface area contributed by atoms with Gasteiger partial charge in [-0.25, -0.2) is 4.79 Å². The molecule has 0 aliphatic carbocycles. The number of esters is 1. The number of carboxylic acid groups (broad SMARTS) is 1. The van der Waals surface area contributed by atoms with Gasteiger partial charge >= 0.3 is 11.9 Å². The van der Waals surface area contributed by atoms with Gasteiger partial charge in [0.25, 0.3) is 0 Å². The molecule has 128 valence electrons. The molecule has 2 aromatic carbocycles. The standard InChI is InChI=1S/C9H10O3.C8H8O4/c1-2-9(11)12-8-5-3-4-7(10)6-8;9-6-3-1-5(2-4-6)7(10)8(11)12/h3-6,10H,2H2,1H3;1-4,7,9-10H,(H,11,12). The highest BCUT2D eigenvalue weighted by molar-refractivity contribution is 5.74. The Balaban J connectivity index is 0.000000240. The first-order valence-electron chi connectivity index (χ1n) is 7.03. The van der Waals surface area contributed by atoms with E-state index in [-0.39, 0.29) is 23.0 Å². The van der Waals surface area contributed by atoms with Gasteiger partial charge in [-0.15, -0.1) is 0 Å². The van der Waals surface area contributed by atoms with E-state index in [0.717, 1.165) is 0 Å². The van der Waals surface area contributed by atoms with Crippen LogP contribution in [-0.2, 0) is 9.59 Å². The second kappa shape index (κ2) is 9.16. The molecule has 24 heavy (non-hydrogen) atoms. The van der Waals surface area contributed by atoms with Gasteiger partial charge in [0.15, 0.2) is 6.10 Å². The van der Waals surface area contributed by atoms with Crippen molar-refractivity contribution in [2.24, 2.45) is 0 Å². The summed E-state index contributed by atoms with van der Waals surface area (Å²) in [6.45, 7) is 1.71. The van der Waals surface area contributed by atoms with Crippen molar-refractivity contribution in [1.82, 2.24) is 0 Å². The molecule has 0 amide bonds. The van der Waals surface area contributed by atoms with E-state index in [9.17, 15) is 9.59 Å². The number of hydrogen-bond donors (Lipinski definition) is 4. The highest BCUT2D eigenvalue weighted by Gasteiger charge is 2.14. The Morgan fingerprint density at radius 3 is 2.17 bits per heavy atom. The zero-order valence-corrected chi connectivity index (χ0v) is 12.9. The fourth-order valence-electron chi connectivity index (χ4n) is 1.55. The minimum atomic E-state index is -1.52. The molecule has 0 saturated carbocycles. The minimum absolute atomic E-state index is 0.0383. The van der Waals surface area contributed by atoms with E-state index in [2.05, 4.69) is 0 Å². The highest BCUT2D eigenvalue weighted by Crippen LogP contribution is 2.18.